The van der Waals surface area contributed by atoms with Gasteiger partial charge in [0.25, 0.3) is 0 Å². The van der Waals surface area contributed by atoms with Gasteiger partial charge in [0.05, 0.1) is 0 Å². The van der Waals surface area contributed by atoms with Crippen LogP contribution in [0.2, 0.25) is 0 Å². The Kier molecular flexibility index (Phi) is 4.97. The maximum absolute atomic E-state index is 6.19. The van der Waals surface area contributed by atoms with Crippen LogP contribution in [0.15, 0.2) is 24.3 Å². The standard InChI is InChI=1S/C19H30N2/c1-2-15-9-11-17(12-10-15)19(14-20)21-13-5-7-16-6-3-4-8-18(16)21/h9-12,16,18-19H,2-8,13-14,20H2,1H3/t16-,18-,19?/m1/s1. The molecule has 1 saturated heterocycles. The molecular formula is C19H30N2. The molecule has 2 heteroatoms. The molecule has 0 aromatic heterocycles. The fraction of sp³-hybridized carbons (Fsp3) is 0.684. The molecule has 0 amide bonds. The number of nitrogens with zero attached hydrogens (tertiary/aromatic N) is 1. The molecule has 3 atom stereocenters. The maximum Gasteiger partial charge on any atom is 0.0473 e. The van der Waals surface area contributed by atoms with Crippen molar-refractivity contribution in [3.8, 4) is 0 Å². The van der Waals surface area contributed by atoms with Crippen molar-refractivity contribution < 1.29 is 0 Å². The van der Waals surface area contributed by atoms with Crippen LogP contribution in [-0.4, -0.2) is 24.0 Å². The first-order valence-corrected chi connectivity index (χ1v) is 8.88. The molecule has 1 aromatic rings. The summed E-state index contributed by atoms with van der Waals surface area (Å²) in [6.07, 6.45) is 9.57. The monoisotopic (exact) mass is 286 g/mol. The smallest absolute Gasteiger partial charge is 0.0473 e. The number of aryl methyl sites for hydroxylation is 1. The lowest BCUT2D eigenvalue weighted by atomic mass is 9.77. The molecule has 1 aliphatic heterocycles. The average molecular weight is 286 g/mol. The quantitative estimate of drug-likeness (QED) is 0.909. The Hall–Kier alpha value is -0.860. The summed E-state index contributed by atoms with van der Waals surface area (Å²) in [6, 6.07) is 10.4. The molecule has 2 fully saturated rings. The highest BCUT2D eigenvalue weighted by atomic mass is 15.2. The van der Waals surface area contributed by atoms with E-state index in [-0.39, 0.29) is 0 Å². The van der Waals surface area contributed by atoms with Crippen molar-refractivity contribution in [2.45, 2.75) is 64.0 Å². The molecular weight excluding hydrogens is 256 g/mol. The van der Waals surface area contributed by atoms with Crippen molar-refractivity contribution in [3.05, 3.63) is 35.4 Å². The minimum absolute atomic E-state index is 0.418. The second-order valence-electron chi connectivity index (χ2n) is 6.84. The first kappa shape index (κ1) is 15.1. The predicted octanol–water partition coefficient (Wildman–Crippen LogP) is 3.90. The Morgan fingerprint density at radius 2 is 1.81 bits per heavy atom. The normalized spacial score (nSPS) is 28.1. The van der Waals surface area contributed by atoms with Gasteiger partial charge in [-0.2, -0.15) is 0 Å². The summed E-state index contributed by atoms with van der Waals surface area (Å²) in [5, 5.41) is 0. The number of hydrogen-bond acceptors (Lipinski definition) is 2. The maximum atomic E-state index is 6.19. The van der Waals surface area contributed by atoms with E-state index >= 15 is 0 Å². The van der Waals surface area contributed by atoms with Crippen LogP contribution in [0.5, 0.6) is 0 Å². The number of piperidine rings is 1. The van der Waals surface area contributed by atoms with E-state index in [9.17, 15) is 0 Å². The van der Waals surface area contributed by atoms with Gasteiger partial charge >= 0.3 is 0 Å². The summed E-state index contributed by atoms with van der Waals surface area (Å²) >= 11 is 0. The molecule has 3 rings (SSSR count). The second-order valence-corrected chi connectivity index (χ2v) is 6.84. The number of nitrogens with two attached hydrogens (primary N) is 1. The SMILES string of the molecule is CCc1ccc(C(CN)N2CCC[C@H]3CCCC[C@H]32)cc1. The van der Waals surface area contributed by atoms with Gasteiger partial charge in [-0.3, -0.25) is 4.90 Å². The van der Waals surface area contributed by atoms with Gasteiger partial charge in [0.15, 0.2) is 0 Å². The predicted molar refractivity (Wildman–Crippen MR) is 89.3 cm³/mol. The Labute approximate surface area is 129 Å². The molecule has 1 unspecified atom stereocenters. The summed E-state index contributed by atoms with van der Waals surface area (Å²) in [6.45, 7) is 4.19. The van der Waals surface area contributed by atoms with E-state index in [0.29, 0.717) is 6.04 Å². The van der Waals surface area contributed by atoms with Gasteiger partial charge < -0.3 is 5.73 Å². The van der Waals surface area contributed by atoms with Crippen LogP contribution in [0.4, 0.5) is 0 Å². The zero-order chi connectivity index (χ0) is 14.7. The summed E-state index contributed by atoms with van der Waals surface area (Å²) in [4.78, 5) is 2.74. The summed E-state index contributed by atoms with van der Waals surface area (Å²) < 4.78 is 0. The summed E-state index contributed by atoms with van der Waals surface area (Å²) in [5.74, 6) is 0.927. The van der Waals surface area contributed by atoms with Crippen LogP contribution in [0.25, 0.3) is 0 Å². The summed E-state index contributed by atoms with van der Waals surface area (Å²) in [5.41, 5.74) is 9.02. The van der Waals surface area contributed by atoms with Gasteiger partial charge in [0.1, 0.15) is 0 Å². The van der Waals surface area contributed by atoms with E-state index in [4.69, 9.17) is 5.73 Å². The second kappa shape index (κ2) is 6.93. The molecule has 2 N–H and O–H groups in total. The van der Waals surface area contributed by atoms with Crippen LogP contribution in [-0.2, 0) is 6.42 Å². The molecule has 2 nitrogen and oxygen atoms in total. The fourth-order valence-corrected chi connectivity index (χ4v) is 4.49. The van der Waals surface area contributed by atoms with Crippen LogP contribution in [0, 0.1) is 5.92 Å². The first-order valence-electron chi connectivity index (χ1n) is 8.88. The van der Waals surface area contributed by atoms with Gasteiger partial charge in [-0.1, -0.05) is 44.0 Å². The van der Waals surface area contributed by atoms with Gasteiger partial charge in [0, 0.05) is 18.6 Å². The van der Waals surface area contributed by atoms with E-state index in [1.165, 1.54) is 56.2 Å². The highest BCUT2D eigenvalue weighted by Crippen LogP contribution is 2.39. The van der Waals surface area contributed by atoms with E-state index in [2.05, 4.69) is 36.1 Å². The molecule has 1 aliphatic carbocycles. The molecule has 0 spiro atoms. The highest BCUT2D eigenvalue weighted by molar-refractivity contribution is 5.25. The van der Waals surface area contributed by atoms with Crippen LogP contribution < -0.4 is 5.73 Å². The molecule has 116 valence electrons. The molecule has 1 heterocycles. The molecule has 1 saturated carbocycles. The topological polar surface area (TPSA) is 29.3 Å². The zero-order valence-corrected chi connectivity index (χ0v) is 13.4. The minimum atomic E-state index is 0.418. The lowest BCUT2D eigenvalue weighted by Crippen LogP contribution is -2.49. The third kappa shape index (κ3) is 3.17. The molecule has 2 aliphatic rings. The van der Waals surface area contributed by atoms with Crippen molar-refractivity contribution in [1.29, 1.82) is 0 Å². The Morgan fingerprint density at radius 3 is 2.52 bits per heavy atom. The van der Waals surface area contributed by atoms with E-state index in [0.717, 1.165) is 24.9 Å². The largest absolute Gasteiger partial charge is 0.329 e. The highest BCUT2D eigenvalue weighted by Gasteiger charge is 2.36. The number of rotatable bonds is 4. The number of hydrogen-bond donors (Lipinski definition) is 1. The van der Waals surface area contributed by atoms with Gasteiger partial charge in [-0.25, -0.2) is 0 Å². The fourth-order valence-electron chi connectivity index (χ4n) is 4.49. The van der Waals surface area contributed by atoms with Crippen LogP contribution >= 0.6 is 0 Å². The van der Waals surface area contributed by atoms with Crippen molar-refractivity contribution in [2.24, 2.45) is 11.7 Å². The molecule has 21 heavy (non-hydrogen) atoms. The lowest BCUT2D eigenvalue weighted by molar-refractivity contribution is 0.0276. The van der Waals surface area contributed by atoms with Crippen molar-refractivity contribution >= 4 is 0 Å². The zero-order valence-electron chi connectivity index (χ0n) is 13.4. The van der Waals surface area contributed by atoms with Gasteiger partial charge in [-0.15, -0.1) is 0 Å². The Morgan fingerprint density at radius 1 is 1.10 bits per heavy atom. The lowest BCUT2D eigenvalue weighted by Gasteiger charge is -2.47. The van der Waals surface area contributed by atoms with Gasteiger partial charge in [0.2, 0.25) is 0 Å². The number of fused-ring (bicyclic) bond motifs is 1. The Bertz CT molecular complexity index is 437. The van der Waals surface area contributed by atoms with Crippen molar-refractivity contribution in [1.82, 2.24) is 4.90 Å². The molecule has 0 radical (unpaired) electrons. The van der Waals surface area contributed by atoms with Gasteiger partial charge in [-0.05, 0) is 55.7 Å². The average Bonchev–Trinajstić information content (AvgIpc) is 2.56. The van der Waals surface area contributed by atoms with E-state index in [1.54, 1.807) is 0 Å². The molecule has 1 aromatic carbocycles. The number of likely N-dealkylation sites (tertiary alicyclic amines) is 1. The minimum Gasteiger partial charge on any atom is -0.329 e. The summed E-state index contributed by atoms with van der Waals surface area (Å²) in [7, 11) is 0. The third-order valence-corrected chi connectivity index (χ3v) is 5.68. The van der Waals surface area contributed by atoms with E-state index in [1.807, 2.05) is 0 Å². The van der Waals surface area contributed by atoms with Crippen LogP contribution in [0.1, 0.15) is 62.6 Å². The number of benzene rings is 1. The van der Waals surface area contributed by atoms with Crippen molar-refractivity contribution in [2.75, 3.05) is 13.1 Å². The Balaban J connectivity index is 1.80. The van der Waals surface area contributed by atoms with E-state index < -0.39 is 0 Å². The van der Waals surface area contributed by atoms with Crippen LogP contribution in [0.3, 0.4) is 0 Å². The van der Waals surface area contributed by atoms with Crippen molar-refractivity contribution in [3.63, 3.8) is 0 Å². The first-order chi connectivity index (χ1) is 10.3. The third-order valence-electron chi connectivity index (χ3n) is 5.68. The molecule has 0 bridgehead atoms.